The van der Waals surface area contributed by atoms with E-state index < -0.39 is 5.97 Å². The highest BCUT2D eigenvalue weighted by Crippen LogP contribution is 2.65. The van der Waals surface area contributed by atoms with Gasteiger partial charge in [-0.3, -0.25) is 14.5 Å². The molecule has 1 aliphatic heterocycles. The maximum absolute atomic E-state index is 13.2. The number of carbonyl (C=O) groups is 3. The summed E-state index contributed by atoms with van der Waals surface area (Å²) in [6.07, 6.45) is 5.45. The molecule has 3 fully saturated rings. The Bertz CT molecular complexity index is 1090. The Kier molecular flexibility index (Phi) is 3.75. The number of anilines is 1. The Morgan fingerprint density at radius 1 is 0.900 bits per heavy atom. The van der Waals surface area contributed by atoms with Gasteiger partial charge in [0.25, 0.3) is 0 Å². The van der Waals surface area contributed by atoms with E-state index in [0.717, 1.165) is 6.42 Å². The minimum Gasteiger partial charge on any atom is -0.421 e. The summed E-state index contributed by atoms with van der Waals surface area (Å²) < 4.78 is 5.34. The van der Waals surface area contributed by atoms with E-state index in [2.05, 4.69) is 12.2 Å². The van der Waals surface area contributed by atoms with Gasteiger partial charge in [-0.25, -0.2) is 4.79 Å². The minimum atomic E-state index is -0.551. The fraction of sp³-hybridized carbons (Fsp3) is 0.292. The first kappa shape index (κ1) is 17.9. The highest BCUT2D eigenvalue weighted by atomic mass is 35.5. The van der Waals surface area contributed by atoms with Crippen LogP contribution in [0, 0.1) is 35.5 Å². The zero-order valence-corrected chi connectivity index (χ0v) is 16.7. The van der Waals surface area contributed by atoms with Crippen LogP contribution < -0.4 is 9.64 Å². The molecule has 6 atom stereocenters. The molecule has 1 saturated heterocycles. The first-order valence-electron chi connectivity index (χ1n) is 10.2. The van der Waals surface area contributed by atoms with Crippen molar-refractivity contribution in [2.24, 2.45) is 35.5 Å². The van der Waals surface area contributed by atoms with Crippen LogP contribution in [0.5, 0.6) is 5.75 Å². The topological polar surface area (TPSA) is 63.7 Å². The molecule has 2 aromatic carbocycles. The predicted octanol–water partition coefficient (Wildman–Crippen LogP) is 4.12. The molecule has 1 heterocycles. The van der Waals surface area contributed by atoms with Gasteiger partial charge in [0.05, 0.1) is 28.1 Å². The van der Waals surface area contributed by atoms with Crippen molar-refractivity contribution >= 4 is 35.1 Å². The lowest BCUT2D eigenvalue weighted by molar-refractivity contribution is -0.124. The number of esters is 1. The number of hydrogen-bond donors (Lipinski definition) is 0. The van der Waals surface area contributed by atoms with Crippen molar-refractivity contribution in [2.45, 2.75) is 6.42 Å². The molecule has 0 aromatic heterocycles. The van der Waals surface area contributed by atoms with Gasteiger partial charge in [-0.15, -0.1) is 0 Å². The maximum Gasteiger partial charge on any atom is 0.343 e. The van der Waals surface area contributed by atoms with E-state index in [4.69, 9.17) is 16.3 Å². The van der Waals surface area contributed by atoms with Crippen LogP contribution in [0.1, 0.15) is 16.8 Å². The molecule has 0 spiro atoms. The predicted molar refractivity (Wildman–Crippen MR) is 110 cm³/mol. The average Bonchev–Trinajstić information content (AvgIpc) is 3.53. The van der Waals surface area contributed by atoms with Crippen molar-refractivity contribution < 1.29 is 19.1 Å². The van der Waals surface area contributed by atoms with E-state index in [0.29, 0.717) is 28.1 Å². The molecular weight excluding hydrogens is 402 g/mol. The SMILES string of the molecule is O=C(Oc1ccccc1Cl)c1ccc(N2C(=O)[C@@H]3[C@H]4C=C[C@@H]([C@@H]5C[C@H]45)[C@H]3C2=O)cc1. The van der Waals surface area contributed by atoms with Gasteiger partial charge in [-0.1, -0.05) is 35.9 Å². The third-order valence-electron chi connectivity index (χ3n) is 7.06. The van der Waals surface area contributed by atoms with Crippen molar-refractivity contribution in [1.29, 1.82) is 0 Å². The van der Waals surface area contributed by atoms with E-state index in [1.807, 2.05) is 0 Å². The van der Waals surface area contributed by atoms with E-state index in [-0.39, 0.29) is 41.2 Å². The third kappa shape index (κ3) is 2.45. The summed E-state index contributed by atoms with van der Waals surface area (Å²) in [4.78, 5) is 40.1. The number of amides is 2. The van der Waals surface area contributed by atoms with Gasteiger partial charge in [0.15, 0.2) is 0 Å². The van der Waals surface area contributed by atoms with Crippen LogP contribution in [0.2, 0.25) is 5.02 Å². The fourth-order valence-corrected chi connectivity index (χ4v) is 5.82. The quantitative estimate of drug-likeness (QED) is 0.325. The zero-order chi connectivity index (χ0) is 20.6. The highest BCUT2D eigenvalue weighted by Gasteiger charge is 2.67. The first-order chi connectivity index (χ1) is 14.5. The summed E-state index contributed by atoms with van der Waals surface area (Å²) in [5.41, 5.74) is 0.819. The van der Waals surface area contributed by atoms with Crippen LogP contribution in [0.25, 0.3) is 0 Å². The van der Waals surface area contributed by atoms with Crippen LogP contribution in [-0.2, 0) is 9.59 Å². The Balaban J connectivity index is 1.24. The maximum atomic E-state index is 13.2. The summed E-state index contributed by atoms with van der Waals surface area (Å²) in [6.45, 7) is 0. The Morgan fingerprint density at radius 3 is 2.10 bits per heavy atom. The van der Waals surface area contributed by atoms with E-state index in [1.54, 1.807) is 48.5 Å². The molecule has 2 bridgehead atoms. The molecule has 6 heteroatoms. The van der Waals surface area contributed by atoms with Gasteiger partial charge in [0, 0.05) is 0 Å². The molecular formula is C24H18ClNO4. The standard InChI is InChI=1S/C24H18ClNO4/c25-18-3-1-2-4-19(18)30-24(29)12-5-7-13(8-6-12)26-22(27)20-14-9-10-15(17-11-16(14)17)21(20)23(26)28/h1-10,14-17,20-21H,11H2/t14-,15-,16-,17+,20+,21+/m0/s1. The Morgan fingerprint density at radius 2 is 1.50 bits per heavy atom. The zero-order valence-electron chi connectivity index (χ0n) is 15.9. The number of benzene rings is 2. The molecule has 150 valence electrons. The number of nitrogens with zero attached hydrogens (tertiary/aromatic N) is 1. The van der Waals surface area contributed by atoms with E-state index >= 15 is 0 Å². The molecule has 0 N–H and O–H groups in total. The molecule has 0 unspecified atom stereocenters. The Hall–Kier alpha value is -2.92. The van der Waals surface area contributed by atoms with Crippen molar-refractivity contribution in [1.82, 2.24) is 0 Å². The molecule has 4 aliphatic carbocycles. The number of imide groups is 1. The lowest BCUT2D eigenvalue weighted by atomic mass is 9.63. The van der Waals surface area contributed by atoms with Crippen LogP contribution in [-0.4, -0.2) is 17.8 Å². The van der Waals surface area contributed by atoms with Gasteiger partial charge < -0.3 is 4.74 Å². The third-order valence-corrected chi connectivity index (χ3v) is 7.38. The van der Waals surface area contributed by atoms with Crippen molar-refractivity contribution in [3.8, 4) is 5.75 Å². The summed E-state index contributed by atoms with van der Waals surface area (Å²) >= 11 is 6.04. The number of para-hydroxylation sites is 1. The largest absolute Gasteiger partial charge is 0.421 e. The summed E-state index contributed by atoms with van der Waals surface area (Å²) in [7, 11) is 0. The normalized spacial score (nSPS) is 32.8. The average molecular weight is 420 g/mol. The molecule has 5 nitrogen and oxygen atoms in total. The van der Waals surface area contributed by atoms with Gasteiger partial charge in [0.2, 0.25) is 11.8 Å². The minimum absolute atomic E-state index is 0.110. The van der Waals surface area contributed by atoms with Crippen LogP contribution in [0.4, 0.5) is 5.69 Å². The smallest absolute Gasteiger partial charge is 0.343 e. The van der Waals surface area contributed by atoms with Gasteiger partial charge >= 0.3 is 5.97 Å². The number of allylic oxidation sites excluding steroid dienone is 2. The van der Waals surface area contributed by atoms with Crippen molar-refractivity contribution in [2.75, 3.05) is 4.90 Å². The van der Waals surface area contributed by atoms with Gasteiger partial charge in [-0.2, -0.15) is 0 Å². The highest BCUT2D eigenvalue weighted by molar-refractivity contribution is 6.32. The second-order valence-corrected chi connectivity index (χ2v) is 8.94. The van der Waals surface area contributed by atoms with Crippen LogP contribution >= 0.6 is 11.6 Å². The summed E-state index contributed by atoms with van der Waals surface area (Å²) in [6, 6.07) is 13.1. The number of carbonyl (C=O) groups excluding carboxylic acids is 3. The Labute approximate surface area is 178 Å². The lowest BCUT2D eigenvalue weighted by Gasteiger charge is -2.37. The van der Waals surface area contributed by atoms with Gasteiger partial charge in [0.1, 0.15) is 5.75 Å². The second kappa shape index (κ2) is 6.29. The monoisotopic (exact) mass is 419 g/mol. The number of halogens is 1. The number of hydrogen-bond acceptors (Lipinski definition) is 4. The molecule has 2 saturated carbocycles. The summed E-state index contributed by atoms with van der Waals surface area (Å²) in [5, 5.41) is 0.347. The van der Waals surface area contributed by atoms with E-state index in [1.165, 1.54) is 4.90 Å². The van der Waals surface area contributed by atoms with Crippen LogP contribution in [0.3, 0.4) is 0 Å². The molecule has 2 amide bonds. The van der Waals surface area contributed by atoms with Crippen LogP contribution in [0.15, 0.2) is 60.7 Å². The molecule has 30 heavy (non-hydrogen) atoms. The fourth-order valence-electron chi connectivity index (χ4n) is 5.64. The summed E-state index contributed by atoms with van der Waals surface area (Å²) in [5.74, 6) is 0.561. The molecule has 5 aliphatic rings. The number of rotatable bonds is 3. The van der Waals surface area contributed by atoms with Crippen molar-refractivity contribution in [3.63, 3.8) is 0 Å². The first-order valence-corrected chi connectivity index (χ1v) is 10.6. The molecule has 0 radical (unpaired) electrons. The second-order valence-electron chi connectivity index (χ2n) is 8.53. The molecule has 7 rings (SSSR count). The van der Waals surface area contributed by atoms with Gasteiger partial charge in [-0.05, 0) is 66.5 Å². The lowest BCUT2D eigenvalue weighted by Crippen LogP contribution is -2.40. The van der Waals surface area contributed by atoms with E-state index in [9.17, 15) is 14.4 Å². The number of ether oxygens (including phenoxy) is 1. The van der Waals surface area contributed by atoms with Crippen molar-refractivity contribution in [3.05, 3.63) is 71.3 Å². The molecule has 2 aromatic rings.